The molecule has 0 aromatic heterocycles. The Balaban J connectivity index is 3.26. The minimum Gasteiger partial charge on any atom is -0.395 e. The van der Waals surface area contributed by atoms with E-state index >= 15 is 0 Å². The van der Waals surface area contributed by atoms with Crippen LogP contribution in [0.5, 0.6) is 0 Å². The van der Waals surface area contributed by atoms with E-state index in [4.69, 9.17) is 10.2 Å². The van der Waals surface area contributed by atoms with Crippen molar-refractivity contribution in [3.63, 3.8) is 0 Å². The number of nitrogens with one attached hydrogen (secondary N) is 1. The Labute approximate surface area is 62.1 Å². The molecule has 1 unspecified atom stereocenters. The standard InChI is InChI=1S/C7H17NO2/c1-3-7(5-9)8-4-6(2)10/h6-10H,3-5H2,1-2H3/t6-,7?/m1/s1. The molecule has 0 fully saturated rings. The maximum Gasteiger partial charge on any atom is 0.0636 e. The molecular weight excluding hydrogens is 130 g/mol. The summed E-state index contributed by atoms with van der Waals surface area (Å²) < 4.78 is 0. The number of hydrogen-bond donors (Lipinski definition) is 3. The molecular formula is C7H17NO2. The first-order chi connectivity index (χ1) is 4.70. The summed E-state index contributed by atoms with van der Waals surface area (Å²) in [5, 5.41) is 20.6. The summed E-state index contributed by atoms with van der Waals surface area (Å²) in [6.45, 7) is 4.41. The van der Waals surface area contributed by atoms with Gasteiger partial charge in [-0.25, -0.2) is 0 Å². The van der Waals surface area contributed by atoms with Crippen molar-refractivity contribution in [2.45, 2.75) is 32.4 Å². The SMILES string of the molecule is CCC(CO)NC[C@@H](C)O. The summed E-state index contributed by atoms with van der Waals surface area (Å²) in [5.41, 5.74) is 0. The van der Waals surface area contributed by atoms with Gasteiger partial charge in [0.2, 0.25) is 0 Å². The molecule has 0 aromatic carbocycles. The van der Waals surface area contributed by atoms with Crippen molar-refractivity contribution in [2.75, 3.05) is 13.2 Å². The van der Waals surface area contributed by atoms with E-state index in [0.29, 0.717) is 6.54 Å². The van der Waals surface area contributed by atoms with Crippen LogP contribution < -0.4 is 5.32 Å². The lowest BCUT2D eigenvalue weighted by atomic mass is 10.2. The van der Waals surface area contributed by atoms with Gasteiger partial charge < -0.3 is 15.5 Å². The number of aliphatic hydroxyl groups is 2. The Hall–Kier alpha value is -0.120. The van der Waals surface area contributed by atoms with E-state index in [1.54, 1.807) is 6.92 Å². The second-order valence-electron chi connectivity index (χ2n) is 2.55. The van der Waals surface area contributed by atoms with Gasteiger partial charge in [-0.1, -0.05) is 6.92 Å². The zero-order valence-electron chi connectivity index (χ0n) is 6.67. The molecule has 0 saturated carbocycles. The fourth-order valence-electron chi connectivity index (χ4n) is 0.675. The highest BCUT2D eigenvalue weighted by Crippen LogP contribution is 1.88. The van der Waals surface area contributed by atoms with Gasteiger partial charge in [0.05, 0.1) is 12.7 Å². The summed E-state index contributed by atoms with van der Waals surface area (Å²) in [6, 6.07) is 0.134. The first kappa shape index (κ1) is 9.88. The minimum absolute atomic E-state index is 0.134. The van der Waals surface area contributed by atoms with Gasteiger partial charge in [-0.2, -0.15) is 0 Å². The Morgan fingerprint density at radius 2 is 2.10 bits per heavy atom. The lowest BCUT2D eigenvalue weighted by Gasteiger charge is -2.14. The number of aliphatic hydroxyl groups excluding tert-OH is 2. The fourth-order valence-corrected chi connectivity index (χ4v) is 0.675. The average molecular weight is 147 g/mol. The summed E-state index contributed by atoms with van der Waals surface area (Å²) in [6.07, 6.45) is 0.559. The Bertz CT molecular complexity index is 72.0. The molecule has 0 aliphatic rings. The lowest BCUT2D eigenvalue weighted by molar-refractivity contribution is 0.171. The monoisotopic (exact) mass is 147 g/mol. The van der Waals surface area contributed by atoms with Gasteiger partial charge in [0.15, 0.2) is 0 Å². The van der Waals surface area contributed by atoms with Crippen LogP contribution in [0.15, 0.2) is 0 Å². The smallest absolute Gasteiger partial charge is 0.0636 e. The maximum atomic E-state index is 8.85. The number of rotatable bonds is 5. The van der Waals surface area contributed by atoms with E-state index in [9.17, 15) is 0 Å². The first-order valence-corrected chi connectivity index (χ1v) is 3.73. The molecule has 0 radical (unpaired) electrons. The molecule has 0 saturated heterocycles. The summed E-state index contributed by atoms with van der Waals surface area (Å²) >= 11 is 0. The van der Waals surface area contributed by atoms with Gasteiger partial charge in [-0.05, 0) is 13.3 Å². The molecule has 0 rings (SSSR count). The normalized spacial score (nSPS) is 16.8. The molecule has 10 heavy (non-hydrogen) atoms. The van der Waals surface area contributed by atoms with Crippen molar-refractivity contribution in [2.24, 2.45) is 0 Å². The van der Waals surface area contributed by atoms with E-state index in [-0.39, 0.29) is 18.8 Å². The largest absolute Gasteiger partial charge is 0.395 e. The second-order valence-corrected chi connectivity index (χ2v) is 2.55. The van der Waals surface area contributed by atoms with Crippen molar-refractivity contribution in [3.8, 4) is 0 Å². The zero-order chi connectivity index (χ0) is 7.98. The molecule has 2 atom stereocenters. The fraction of sp³-hybridized carbons (Fsp3) is 1.00. The van der Waals surface area contributed by atoms with Crippen LogP contribution in [0.2, 0.25) is 0 Å². The van der Waals surface area contributed by atoms with Crippen molar-refractivity contribution < 1.29 is 10.2 Å². The highest BCUT2D eigenvalue weighted by molar-refractivity contribution is 4.64. The highest BCUT2D eigenvalue weighted by Gasteiger charge is 2.03. The van der Waals surface area contributed by atoms with Crippen molar-refractivity contribution in [3.05, 3.63) is 0 Å². The lowest BCUT2D eigenvalue weighted by Crippen LogP contribution is -2.36. The third-order valence-electron chi connectivity index (χ3n) is 1.42. The van der Waals surface area contributed by atoms with Crippen LogP contribution in [-0.4, -0.2) is 35.5 Å². The molecule has 0 heterocycles. The van der Waals surface area contributed by atoms with Crippen LogP contribution in [0.3, 0.4) is 0 Å². The molecule has 0 aliphatic heterocycles. The Kier molecular flexibility index (Phi) is 5.58. The predicted octanol–water partition coefficient (Wildman–Crippen LogP) is -0.272. The molecule has 0 aliphatic carbocycles. The summed E-state index contributed by atoms with van der Waals surface area (Å²) in [7, 11) is 0. The zero-order valence-corrected chi connectivity index (χ0v) is 6.67. The van der Waals surface area contributed by atoms with Gasteiger partial charge in [-0.3, -0.25) is 0 Å². The molecule has 62 valence electrons. The van der Waals surface area contributed by atoms with Gasteiger partial charge >= 0.3 is 0 Å². The predicted molar refractivity (Wildman–Crippen MR) is 40.8 cm³/mol. The van der Waals surface area contributed by atoms with Crippen molar-refractivity contribution in [1.82, 2.24) is 5.32 Å². The van der Waals surface area contributed by atoms with E-state index in [0.717, 1.165) is 6.42 Å². The van der Waals surface area contributed by atoms with Gasteiger partial charge in [-0.15, -0.1) is 0 Å². The van der Waals surface area contributed by atoms with Gasteiger partial charge in [0.1, 0.15) is 0 Å². The van der Waals surface area contributed by atoms with E-state index in [2.05, 4.69) is 5.32 Å². The molecule has 0 amide bonds. The Morgan fingerprint density at radius 1 is 1.50 bits per heavy atom. The maximum absolute atomic E-state index is 8.85. The third-order valence-corrected chi connectivity index (χ3v) is 1.42. The van der Waals surface area contributed by atoms with Crippen LogP contribution in [-0.2, 0) is 0 Å². The van der Waals surface area contributed by atoms with E-state index in [1.165, 1.54) is 0 Å². The molecule has 0 spiro atoms. The van der Waals surface area contributed by atoms with Gasteiger partial charge in [0.25, 0.3) is 0 Å². The van der Waals surface area contributed by atoms with Crippen LogP contribution in [0.1, 0.15) is 20.3 Å². The van der Waals surface area contributed by atoms with Crippen molar-refractivity contribution in [1.29, 1.82) is 0 Å². The summed E-state index contributed by atoms with van der Waals surface area (Å²) in [4.78, 5) is 0. The van der Waals surface area contributed by atoms with Crippen LogP contribution in [0, 0.1) is 0 Å². The summed E-state index contributed by atoms with van der Waals surface area (Å²) in [5.74, 6) is 0. The van der Waals surface area contributed by atoms with Crippen LogP contribution in [0.25, 0.3) is 0 Å². The van der Waals surface area contributed by atoms with E-state index in [1.807, 2.05) is 6.92 Å². The Morgan fingerprint density at radius 3 is 2.40 bits per heavy atom. The quantitative estimate of drug-likeness (QED) is 0.501. The van der Waals surface area contributed by atoms with E-state index < -0.39 is 0 Å². The minimum atomic E-state index is -0.333. The number of hydrogen-bond acceptors (Lipinski definition) is 3. The second kappa shape index (κ2) is 5.65. The molecule has 0 aromatic rings. The van der Waals surface area contributed by atoms with Gasteiger partial charge in [0, 0.05) is 12.6 Å². The van der Waals surface area contributed by atoms with Crippen LogP contribution in [0.4, 0.5) is 0 Å². The average Bonchev–Trinajstić information content (AvgIpc) is 1.90. The highest BCUT2D eigenvalue weighted by atomic mass is 16.3. The first-order valence-electron chi connectivity index (χ1n) is 3.73. The molecule has 0 bridgehead atoms. The van der Waals surface area contributed by atoms with Crippen molar-refractivity contribution >= 4 is 0 Å². The molecule has 3 nitrogen and oxygen atoms in total. The third kappa shape index (κ3) is 4.73. The topological polar surface area (TPSA) is 52.5 Å². The van der Waals surface area contributed by atoms with Crippen LogP contribution >= 0.6 is 0 Å². The molecule has 3 N–H and O–H groups in total. The molecule has 3 heteroatoms.